The van der Waals surface area contributed by atoms with E-state index >= 15 is 0 Å². The minimum atomic E-state index is -0.217. The van der Waals surface area contributed by atoms with E-state index in [9.17, 15) is 9.59 Å². The highest BCUT2D eigenvalue weighted by Crippen LogP contribution is 2.12. The first-order valence-corrected chi connectivity index (χ1v) is 5.82. The molecule has 0 spiro atoms. The van der Waals surface area contributed by atoms with Crippen molar-refractivity contribution in [3.8, 4) is 0 Å². The number of carbonyl (C=O) groups is 2. The van der Waals surface area contributed by atoms with Gasteiger partial charge in [-0.05, 0) is 0 Å². The van der Waals surface area contributed by atoms with E-state index in [2.05, 4.69) is 16.9 Å². The summed E-state index contributed by atoms with van der Waals surface area (Å²) in [4.78, 5) is 29.0. The lowest BCUT2D eigenvalue weighted by atomic mass is 10.3. The molecule has 96 valence electrons. The second-order valence-electron chi connectivity index (χ2n) is 4.18. The fraction of sp³-hybridized carbons (Fsp3) is 0.417. The third kappa shape index (κ3) is 2.42. The molecule has 6 heteroatoms. The fourth-order valence-corrected chi connectivity index (χ4v) is 1.89. The molecule has 6 nitrogen and oxygen atoms in total. The molecule has 1 aromatic rings. The summed E-state index contributed by atoms with van der Waals surface area (Å²) in [6.07, 6.45) is 3.34. The van der Waals surface area contributed by atoms with Crippen LogP contribution in [-0.2, 0) is 17.9 Å². The lowest BCUT2D eigenvalue weighted by Crippen LogP contribution is -2.36. The molecule has 1 N–H and O–H groups in total. The Hall–Kier alpha value is -2.11. The predicted octanol–water partition coefficient (Wildman–Crippen LogP) is 0.161. The first-order valence-electron chi connectivity index (χ1n) is 5.82. The first-order chi connectivity index (χ1) is 8.61. The number of fused-ring (bicyclic) bond motifs is 1. The molecule has 18 heavy (non-hydrogen) atoms. The Morgan fingerprint density at radius 2 is 2.33 bits per heavy atom. The summed E-state index contributed by atoms with van der Waals surface area (Å²) in [6, 6.07) is 0. The molecule has 0 fully saturated rings. The van der Waals surface area contributed by atoms with Crippen molar-refractivity contribution in [3.05, 3.63) is 30.4 Å². The molecule has 1 aliphatic rings. The number of nitrogens with zero attached hydrogens (tertiary/aromatic N) is 3. The van der Waals surface area contributed by atoms with Gasteiger partial charge in [0.2, 0.25) is 5.91 Å². The summed E-state index contributed by atoms with van der Waals surface area (Å²) in [5.41, 5.74) is 0.386. The average Bonchev–Trinajstić information content (AvgIpc) is 2.78. The molecule has 0 atom stereocenters. The second kappa shape index (κ2) is 5.03. The van der Waals surface area contributed by atoms with Crippen molar-refractivity contribution in [1.29, 1.82) is 0 Å². The minimum absolute atomic E-state index is 0.0295. The molecule has 0 bridgehead atoms. The monoisotopic (exact) mass is 248 g/mol. The van der Waals surface area contributed by atoms with Crippen LogP contribution >= 0.6 is 0 Å². The molecule has 1 aliphatic heterocycles. The Morgan fingerprint density at radius 3 is 3.00 bits per heavy atom. The molecule has 0 unspecified atom stereocenters. The molecule has 1 aromatic heterocycles. The van der Waals surface area contributed by atoms with Crippen LogP contribution in [0.2, 0.25) is 0 Å². The van der Waals surface area contributed by atoms with Gasteiger partial charge in [0.25, 0.3) is 5.91 Å². The fourth-order valence-electron chi connectivity index (χ4n) is 1.89. The SMILES string of the molecule is C=CCNC(=O)c1cn2c(n1)CN(C(C)=O)CC2. The van der Waals surface area contributed by atoms with Gasteiger partial charge >= 0.3 is 0 Å². The number of aromatic nitrogens is 2. The summed E-state index contributed by atoms with van der Waals surface area (Å²) in [7, 11) is 0. The van der Waals surface area contributed by atoms with E-state index in [1.54, 1.807) is 17.2 Å². The number of imidazole rings is 1. The second-order valence-corrected chi connectivity index (χ2v) is 4.18. The van der Waals surface area contributed by atoms with Crippen LogP contribution in [0.25, 0.3) is 0 Å². The van der Waals surface area contributed by atoms with Crippen LogP contribution in [0.5, 0.6) is 0 Å². The summed E-state index contributed by atoms with van der Waals surface area (Å²) in [5, 5.41) is 2.68. The lowest BCUT2D eigenvalue weighted by Gasteiger charge is -2.26. The summed E-state index contributed by atoms with van der Waals surface area (Å²) in [6.45, 7) is 7.29. The van der Waals surface area contributed by atoms with Gasteiger partial charge in [0, 0.05) is 32.8 Å². The predicted molar refractivity (Wildman–Crippen MR) is 65.8 cm³/mol. The topological polar surface area (TPSA) is 67.2 Å². The van der Waals surface area contributed by atoms with Crippen molar-refractivity contribution in [1.82, 2.24) is 19.8 Å². The van der Waals surface area contributed by atoms with E-state index in [-0.39, 0.29) is 11.8 Å². The maximum atomic E-state index is 11.7. The number of hydrogen-bond acceptors (Lipinski definition) is 3. The van der Waals surface area contributed by atoms with Crippen molar-refractivity contribution >= 4 is 11.8 Å². The van der Waals surface area contributed by atoms with Gasteiger partial charge in [0.1, 0.15) is 11.5 Å². The third-order valence-electron chi connectivity index (χ3n) is 2.89. The summed E-state index contributed by atoms with van der Waals surface area (Å²) >= 11 is 0. The normalized spacial score (nSPS) is 13.9. The van der Waals surface area contributed by atoms with Gasteiger partial charge in [0.05, 0.1) is 6.54 Å². The Balaban J connectivity index is 2.12. The van der Waals surface area contributed by atoms with Crippen molar-refractivity contribution < 1.29 is 9.59 Å². The van der Waals surface area contributed by atoms with Crippen molar-refractivity contribution in [3.63, 3.8) is 0 Å². The zero-order valence-electron chi connectivity index (χ0n) is 10.3. The van der Waals surface area contributed by atoms with Crippen molar-refractivity contribution in [2.75, 3.05) is 13.1 Å². The molecule has 2 amide bonds. The molecule has 2 rings (SSSR count). The van der Waals surface area contributed by atoms with Crippen LogP contribution in [0.1, 0.15) is 23.2 Å². The standard InChI is InChI=1S/C12H16N4O2/c1-3-4-13-12(18)10-7-16-6-5-15(9(2)17)8-11(16)14-10/h3,7H,1,4-6,8H2,2H3,(H,13,18). The third-order valence-corrected chi connectivity index (χ3v) is 2.89. The molecule has 2 heterocycles. The van der Waals surface area contributed by atoms with Crippen LogP contribution in [0.3, 0.4) is 0 Å². The Labute approximate surface area is 105 Å². The molecule has 0 radical (unpaired) electrons. The number of rotatable bonds is 3. The van der Waals surface area contributed by atoms with Gasteiger partial charge in [0.15, 0.2) is 0 Å². The minimum Gasteiger partial charge on any atom is -0.347 e. The molecule has 0 saturated heterocycles. The van der Waals surface area contributed by atoms with E-state index < -0.39 is 0 Å². The zero-order valence-corrected chi connectivity index (χ0v) is 10.3. The van der Waals surface area contributed by atoms with Crippen LogP contribution in [0.4, 0.5) is 0 Å². The van der Waals surface area contributed by atoms with Gasteiger partial charge in [-0.15, -0.1) is 6.58 Å². The highest BCUT2D eigenvalue weighted by Gasteiger charge is 2.21. The van der Waals surface area contributed by atoms with E-state index in [4.69, 9.17) is 0 Å². The number of carbonyl (C=O) groups excluding carboxylic acids is 2. The van der Waals surface area contributed by atoms with Crippen LogP contribution < -0.4 is 5.32 Å². The number of nitrogens with one attached hydrogen (secondary N) is 1. The smallest absolute Gasteiger partial charge is 0.271 e. The van der Waals surface area contributed by atoms with Gasteiger partial charge in [-0.25, -0.2) is 4.98 Å². The maximum absolute atomic E-state index is 11.7. The Bertz CT molecular complexity index is 492. The highest BCUT2D eigenvalue weighted by atomic mass is 16.2. The molecule has 0 saturated carbocycles. The van der Waals surface area contributed by atoms with E-state index in [0.29, 0.717) is 31.9 Å². The summed E-state index contributed by atoms with van der Waals surface area (Å²) in [5.74, 6) is 0.563. The molecular weight excluding hydrogens is 232 g/mol. The van der Waals surface area contributed by atoms with Crippen LogP contribution in [0, 0.1) is 0 Å². The van der Waals surface area contributed by atoms with Crippen molar-refractivity contribution in [2.24, 2.45) is 0 Å². The van der Waals surface area contributed by atoms with E-state index in [1.165, 1.54) is 6.92 Å². The quantitative estimate of drug-likeness (QED) is 0.775. The molecule has 0 aromatic carbocycles. The largest absolute Gasteiger partial charge is 0.347 e. The summed E-state index contributed by atoms with van der Waals surface area (Å²) < 4.78 is 1.92. The van der Waals surface area contributed by atoms with Crippen LogP contribution in [-0.4, -0.2) is 39.4 Å². The Kier molecular flexibility index (Phi) is 3.45. The van der Waals surface area contributed by atoms with Crippen molar-refractivity contribution in [2.45, 2.75) is 20.0 Å². The van der Waals surface area contributed by atoms with Gasteiger partial charge in [-0.2, -0.15) is 0 Å². The maximum Gasteiger partial charge on any atom is 0.271 e. The van der Waals surface area contributed by atoms with E-state index in [1.807, 2.05) is 4.57 Å². The number of amides is 2. The van der Waals surface area contributed by atoms with Gasteiger partial charge in [-0.1, -0.05) is 6.08 Å². The molecular formula is C12H16N4O2. The number of hydrogen-bond donors (Lipinski definition) is 1. The first kappa shape index (κ1) is 12.3. The van der Waals surface area contributed by atoms with Crippen LogP contribution in [0.15, 0.2) is 18.9 Å². The lowest BCUT2D eigenvalue weighted by molar-refractivity contribution is -0.130. The average molecular weight is 248 g/mol. The van der Waals surface area contributed by atoms with Gasteiger partial charge < -0.3 is 14.8 Å². The zero-order chi connectivity index (χ0) is 13.1. The van der Waals surface area contributed by atoms with Gasteiger partial charge in [-0.3, -0.25) is 9.59 Å². The van der Waals surface area contributed by atoms with E-state index in [0.717, 1.165) is 5.82 Å². The highest BCUT2D eigenvalue weighted by molar-refractivity contribution is 5.92. The molecule has 0 aliphatic carbocycles. The Morgan fingerprint density at radius 1 is 1.56 bits per heavy atom.